The number of hydrogen-bond donors (Lipinski definition) is 1. The molecule has 1 amide bonds. The minimum atomic E-state index is 0.334. The molecular weight excluding hydrogens is 262 g/mol. The molecule has 2 unspecified atom stereocenters. The maximum atomic E-state index is 12.6. The maximum Gasteiger partial charge on any atom is 0.236 e. The molecule has 2 rings (SSSR count). The molecule has 2 heterocycles. The summed E-state index contributed by atoms with van der Waals surface area (Å²) < 4.78 is 0. The van der Waals surface area contributed by atoms with Crippen molar-refractivity contribution in [2.45, 2.75) is 65.0 Å². The van der Waals surface area contributed by atoms with Gasteiger partial charge in [-0.1, -0.05) is 13.8 Å². The second-order valence-corrected chi connectivity index (χ2v) is 7.31. The van der Waals surface area contributed by atoms with Crippen LogP contribution in [0.2, 0.25) is 0 Å². The first kappa shape index (κ1) is 16.8. The summed E-state index contributed by atoms with van der Waals surface area (Å²) in [5.41, 5.74) is 0. The predicted octanol–water partition coefficient (Wildman–Crippen LogP) is 2.10. The van der Waals surface area contributed by atoms with Crippen molar-refractivity contribution in [2.75, 3.05) is 32.7 Å². The van der Waals surface area contributed by atoms with Gasteiger partial charge in [-0.05, 0) is 51.5 Å². The van der Waals surface area contributed by atoms with E-state index in [1.165, 1.54) is 32.1 Å². The number of hydrogen-bond acceptors (Lipinski definition) is 3. The lowest BCUT2D eigenvalue weighted by atomic mass is 10.0. The Hall–Kier alpha value is -0.610. The highest BCUT2D eigenvalue weighted by Crippen LogP contribution is 2.17. The van der Waals surface area contributed by atoms with Crippen LogP contribution in [-0.4, -0.2) is 60.5 Å². The molecule has 0 bridgehead atoms. The standard InChI is InChI=1S/C17H33N3O/c1-14(2)11-19(12-16-8-6-9-18-16)13-17(21)20-10-5-4-7-15(20)3/h14-16,18H,4-13H2,1-3H3. The van der Waals surface area contributed by atoms with Crippen molar-refractivity contribution in [2.24, 2.45) is 5.92 Å². The van der Waals surface area contributed by atoms with E-state index in [2.05, 4.69) is 35.9 Å². The molecule has 122 valence electrons. The Labute approximate surface area is 130 Å². The van der Waals surface area contributed by atoms with Gasteiger partial charge in [-0.3, -0.25) is 9.69 Å². The largest absolute Gasteiger partial charge is 0.339 e. The van der Waals surface area contributed by atoms with Crippen LogP contribution < -0.4 is 5.32 Å². The van der Waals surface area contributed by atoms with E-state index < -0.39 is 0 Å². The maximum absolute atomic E-state index is 12.6. The zero-order valence-corrected chi connectivity index (χ0v) is 14.1. The second-order valence-electron chi connectivity index (χ2n) is 7.31. The molecule has 0 saturated carbocycles. The average Bonchev–Trinajstić information content (AvgIpc) is 2.91. The average molecular weight is 295 g/mol. The van der Waals surface area contributed by atoms with Crippen LogP contribution in [0.15, 0.2) is 0 Å². The van der Waals surface area contributed by atoms with E-state index in [-0.39, 0.29) is 0 Å². The Morgan fingerprint density at radius 3 is 2.71 bits per heavy atom. The summed E-state index contributed by atoms with van der Waals surface area (Å²) in [6.07, 6.45) is 6.14. The molecular formula is C17H33N3O. The van der Waals surface area contributed by atoms with Crippen LogP contribution in [-0.2, 0) is 4.79 Å². The third kappa shape index (κ3) is 5.26. The first-order chi connectivity index (χ1) is 10.1. The Morgan fingerprint density at radius 1 is 1.29 bits per heavy atom. The number of carbonyl (C=O) groups is 1. The van der Waals surface area contributed by atoms with E-state index in [1.54, 1.807) is 0 Å². The van der Waals surface area contributed by atoms with Crippen molar-refractivity contribution < 1.29 is 4.79 Å². The van der Waals surface area contributed by atoms with Gasteiger partial charge in [0, 0.05) is 31.7 Å². The Kier molecular flexibility index (Phi) is 6.49. The van der Waals surface area contributed by atoms with Gasteiger partial charge in [0.25, 0.3) is 0 Å². The first-order valence-electron chi connectivity index (χ1n) is 8.81. The molecule has 2 aliphatic heterocycles. The molecule has 4 heteroatoms. The molecule has 2 saturated heterocycles. The van der Waals surface area contributed by atoms with Crippen LogP contribution >= 0.6 is 0 Å². The second kappa shape index (κ2) is 8.14. The van der Waals surface area contributed by atoms with E-state index in [0.29, 0.717) is 30.5 Å². The number of piperidine rings is 1. The lowest BCUT2D eigenvalue weighted by molar-refractivity contribution is -0.135. The predicted molar refractivity (Wildman–Crippen MR) is 87.3 cm³/mol. The third-order valence-corrected chi connectivity index (χ3v) is 4.75. The fraction of sp³-hybridized carbons (Fsp3) is 0.941. The number of amides is 1. The molecule has 0 radical (unpaired) electrons. The quantitative estimate of drug-likeness (QED) is 0.815. The zero-order valence-electron chi connectivity index (χ0n) is 14.1. The van der Waals surface area contributed by atoms with Gasteiger partial charge in [-0.25, -0.2) is 0 Å². The van der Waals surface area contributed by atoms with Crippen molar-refractivity contribution in [1.82, 2.24) is 15.1 Å². The number of nitrogens with zero attached hydrogens (tertiary/aromatic N) is 2. The fourth-order valence-electron chi connectivity index (χ4n) is 3.69. The molecule has 0 aromatic heterocycles. The van der Waals surface area contributed by atoms with Crippen LogP contribution in [0, 0.1) is 5.92 Å². The summed E-state index contributed by atoms with van der Waals surface area (Å²) in [5.74, 6) is 0.943. The minimum absolute atomic E-state index is 0.334. The van der Waals surface area contributed by atoms with Gasteiger partial charge in [0.2, 0.25) is 5.91 Å². The SMILES string of the molecule is CC(C)CN(CC(=O)N1CCCCC1C)CC1CCCN1. The van der Waals surface area contributed by atoms with Crippen LogP contribution in [0.5, 0.6) is 0 Å². The van der Waals surface area contributed by atoms with Gasteiger partial charge in [-0.2, -0.15) is 0 Å². The first-order valence-corrected chi connectivity index (χ1v) is 8.81. The molecule has 1 N–H and O–H groups in total. The third-order valence-electron chi connectivity index (χ3n) is 4.75. The molecule has 2 atom stereocenters. The Balaban J connectivity index is 1.88. The number of nitrogens with one attached hydrogen (secondary N) is 1. The highest BCUT2D eigenvalue weighted by molar-refractivity contribution is 5.78. The van der Waals surface area contributed by atoms with E-state index in [0.717, 1.165) is 26.2 Å². The Bertz CT molecular complexity index is 326. The van der Waals surface area contributed by atoms with Gasteiger partial charge in [-0.15, -0.1) is 0 Å². The Morgan fingerprint density at radius 2 is 2.10 bits per heavy atom. The molecule has 0 aliphatic carbocycles. The summed E-state index contributed by atoms with van der Waals surface area (Å²) >= 11 is 0. The summed E-state index contributed by atoms with van der Waals surface area (Å²) in [6.45, 7) is 11.4. The normalized spacial score (nSPS) is 26.8. The topological polar surface area (TPSA) is 35.6 Å². The lowest BCUT2D eigenvalue weighted by Gasteiger charge is -2.36. The molecule has 0 aromatic rings. The van der Waals surface area contributed by atoms with Gasteiger partial charge in [0.15, 0.2) is 0 Å². The van der Waals surface area contributed by atoms with Crippen molar-refractivity contribution >= 4 is 5.91 Å². The number of likely N-dealkylation sites (tertiary alicyclic amines) is 1. The summed E-state index contributed by atoms with van der Waals surface area (Å²) in [4.78, 5) is 17.1. The van der Waals surface area contributed by atoms with Gasteiger partial charge < -0.3 is 10.2 Å². The summed E-state index contributed by atoms with van der Waals surface area (Å²) in [7, 11) is 0. The fourth-order valence-corrected chi connectivity index (χ4v) is 3.69. The number of rotatable bonds is 6. The van der Waals surface area contributed by atoms with E-state index >= 15 is 0 Å². The number of carbonyl (C=O) groups excluding carboxylic acids is 1. The van der Waals surface area contributed by atoms with Gasteiger partial charge in [0.05, 0.1) is 6.54 Å². The summed E-state index contributed by atoms with van der Waals surface area (Å²) in [5, 5.41) is 3.56. The molecule has 4 nitrogen and oxygen atoms in total. The molecule has 2 aliphatic rings. The van der Waals surface area contributed by atoms with Gasteiger partial charge in [0.1, 0.15) is 0 Å². The minimum Gasteiger partial charge on any atom is -0.339 e. The van der Waals surface area contributed by atoms with Crippen LogP contribution in [0.4, 0.5) is 0 Å². The summed E-state index contributed by atoms with van der Waals surface area (Å²) in [6, 6.07) is 1.01. The zero-order chi connectivity index (χ0) is 15.2. The smallest absolute Gasteiger partial charge is 0.236 e. The van der Waals surface area contributed by atoms with Crippen LogP contribution in [0.1, 0.15) is 52.9 Å². The molecule has 2 fully saturated rings. The van der Waals surface area contributed by atoms with Crippen molar-refractivity contribution in [1.29, 1.82) is 0 Å². The monoisotopic (exact) mass is 295 g/mol. The van der Waals surface area contributed by atoms with E-state index in [9.17, 15) is 4.79 Å². The van der Waals surface area contributed by atoms with Gasteiger partial charge >= 0.3 is 0 Å². The van der Waals surface area contributed by atoms with Crippen molar-refractivity contribution in [3.8, 4) is 0 Å². The van der Waals surface area contributed by atoms with Crippen LogP contribution in [0.25, 0.3) is 0 Å². The van der Waals surface area contributed by atoms with E-state index in [1.807, 2.05) is 0 Å². The molecule has 0 spiro atoms. The van der Waals surface area contributed by atoms with Crippen LogP contribution in [0.3, 0.4) is 0 Å². The molecule has 0 aromatic carbocycles. The van der Waals surface area contributed by atoms with E-state index in [4.69, 9.17) is 0 Å². The lowest BCUT2D eigenvalue weighted by Crippen LogP contribution is -2.49. The molecule has 21 heavy (non-hydrogen) atoms. The van der Waals surface area contributed by atoms with Crippen molar-refractivity contribution in [3.05, 3.63) is 0 Å². The van der Waals surface area contributed by atoms with Crippen molar-refractivity contribution in [3.63, 3.8) is 0 Å². The highest BCUT2D eigenvalue weighted by Gasteiger charge is 2.26. The highest BCUT2D eigenvalue weighted by atomic mass is 16.2.